The summed E-state index contributed by atoms with van der Waals surface area (Å²) in [7, 11) is 3.15. The molecule has 1 saturated heterocycles. The molecule has 0 bridgehead atoms. The van der Waals surface area contributed by atoms with Crippen molar-refractivity contribution in [2.45, 2.75) is 5.16 Å². The molecule has 1 amide bonds. The Morgan fingerprint density at radius 1 is 1.15 bits per heavy atom. The van der Waals surface area contributed by atoms with Crippen molar-refractivity contribution in [3.8, 4) is 22.9 Å². The van der Waals surface area contributed by atoms with Crippen LogP contribution in [0.2, 0.25) is 0 Å². The first kappa shape index (κ1) is 23.4. The van der Waals surface area contributed by atoms with Gasteiger partial charge in [0, 0.05) is 38.3 Å². The van der Waals surface area contributed by atoms with E-state index in [1.165, 1.54) is 17.8 Å². The van der Waals surface area contributed by atoms with Crippen LogP contribution in [0.3, 0.4) is 0 Å². The fraction of sp³-hybridized carbons (Fsp3) is 0.318. The van der Waals surface area contributed by atoms with Crippen LogP contribution in [0.1, 0.15) is 0 Å². The lowest BCUT2D eigenvalue weighted by Gasteiger charge is -2.35. The molecule has 1 N–H and O–H groups in total. The molecular formula is C22H24N6O5S. The maximum atomic E-state index is 12.7. The Hall–Kier alpha value is -3.80. The lowest BCUT2D eigenvalue weighted by Crippen LogP contribution is -2.49. The number of hydrogen-bond donors (Lipinski definition) is 1. The summed E-state index contributed by atoms with van der Waals surface area (Å²) in [6.45, 7) is 2.05. The second-order valence-electron chi connectivity index (χ2n) is 7.44. The Labute approximate surface area is 200 Å². The Morgan fingerprint density at radius 3 is 2.62 bits per heavy atom. The first-order chi connectivity index (χ1) is 16.5. The molecule has 0 unspecified atom stereocenters. The summed E-state index contributed by atoms with van der Waals surface area (Å²) >= 11 is 1.25. The molecule has 0 saturated carbocycles. The normalized spacial score (nSPS) is 13.6. The number of benzene rings is 2. The van der Waals surface area contributed by atoms with Crippen molar-refractivity contribution >= 4 is 29.0 Å². The third-order valence-electron chi connectivity index (χ3n) is 5.50. The molecular weight excluding hydrogens is 460 g/mol. The van der Waals surface area contributed by atoms with Gasteiger partial charge in [-0.15, -0.1) is 5.10 Å². The summed E-state index contributed by atoms with van der Waals surface area (Å²) in [5.41, 5.74) is 1.39. The highest BCUT2D eigenvalue weighted by molar-refractivity contribution is 7.99. The van der Waals surface area contributed by atoms with Gasteiger partial charge in [-0.1, -0.05) is 23.9 Å². The Kier molecular flexibility index (Phi) is 7.16. The second-order valence-corrected chi connectivity index (χ2v) is 8.38. The van der Waals surface area contributed by atoms with Crippen LogP contribution in [0.15, 0.2) is 47.6 Å². The highest BCUT2D eigenvalue weighted by Gasteiger charge is 2.25. The Morgan fingerprint density at radius 2 is 1.91 bits per heavy atom. The smallest absolute Gasteiger partial charge is 0.292 e. The van der Waals surface area contributed by atoms with Crippen molar-refractivity contribution in [3.63, 3.8) is 0 Å². The van der Waals surface area contributed by atoms with Crippen molar-refractivity contribution in [1.29, 1.82) is 0 Å². The number of nitrogens with one attached hydrogen (secondary N) is 1. The number of methoxy groups -OCH3 is 2. The molecule has 1 aliphatic rings. The van der Waals surface area contributed by atoms with E-state index in [2.05, 4.69) is 15.2 Å². The molecule has 4 rings (SSSR count). The van der Waals surface area contributed by atoms with Crippen molar-refractivity contribution in [2.75, 3.05) is 51.1 Å². The number of nitro groups is 1. The highest BCUT2D eigenvalue weighted by Crippen LogP contribution is 2.32. The number of hydrogen-bond acceptors (Lipinski definition) is 9. The fourth-order valence-electron chi connectivity index (χ4n) is 3.73. The molecule has 1 aromatic heterocycles. The number of nitrogens with zero attached hydrogens (tertiary/aromatic N) is 5. The zero-order chi connectivity index (χ0) is 24.1. The van der Waals surface area contributed by atoms with Gasteiger partial charge in [0.1, 0.15) is 17.2 Å². The van der Waals surface area contributed by atoms with Crippen molar-refractivity contribution < 1.29 is 19.2 Å². The summed E-state index contributed by atoms with van der Waals surface area (Å²) in [5.74, 6) is 1.97. The quantitative estimate of drug-likeness (QED) is 0.292. The molecule has 11 nitrogen and oxygen atoms in total. The van der Waals surface area contributed by atoms with Gasteiger partial charge in [-0.2, -0.15) is 0 Å². The molecule has 0 spiro atoms. The number of rotatable bonds is 8. The standard InChI is InChI=1S/C22H24N6O5S/c1-32-15-7-8-16(19(13-15)33-2)21-23-22(25-24-21)34-14-20(29)27-11-9-26(10-12-27)17-5-3-4-6-18(17)28(30)31/h3-8,13H,9-12,14H2,1-2H3,(H,23,24,25). The summed E-state index contributed by atoms with van der Waals surface area (Å²) in [5, 5.41) is 18.8. The maximum Gasteiger partial charge on any atom is 0.292 e. The molecule has 34 heavy (non-hydrogen) atoms. The number of H-pyrrole nitrogens is 1. The minimum absolute atomic E-state index is 0.0272. The van der Waals surface area contributed by atoms with Crippen LogP contribution >= 0.6 is 11.8 Å². The molecule has 1 aliphatic heterocycles. The Balaban J connectivity index is 1.33. The average molecular weight is 485 g/mol. The molecule has 3 aromatic rings. The lowest BCUT2D eigenvalue weighted by molar-refractivity contribution is -0.384. The number of ether oxygens (including phenoxy) is 2. The van der Waals surface area contributed by atoms with E-state index in [9.17, 15) is 14.9 Å². The van der Waals surface area contributed by atoms with Gasteiger partial charge in [0.2, 0.25) is 11.1 Å². The van der Waals surface area contributed by atoms with Crippen molar-refractivity contribution in [2.24, 2.45) is 0 Å². The molecule has 2 aromatic carbocycles. The van der Waals surface area contributed by atoms with Gasteiger partial charge in [-0.05, 0) is 18.2 Å². The number of aromatic amines is 1. The predicted octanol–water partition coefficient (Wildman–Crippen LogP) is 2.84. The number of para-hydroxylation sites is 2. The number of amides is 1. The molecule has 0 aliphatic carbocycles. The number of thioether (sulfide) groups is 1. The van der Waals surface area contributed by atoms with Gasteiger partial charge in [-0.3, -0.25) is 20.0 Å². The predicted molar refractivity (Wildman–Crippen MR) is 128 cm³/mol. The number of piperazine rings is 1. The summed E-state index contributed by atoms with van der Waals surface area (Å²) < 4.78 is 10.6. The number of nitro benzene ring substituents is 1. The number of anilines is 1. The van der Waals surface area contributed by atoms with E-state index in [1.54, 1.807) is 49.5 Å². The van der Waals surface area contributed by atoms with E-state index in [0.29, 0.717) is 54.3 Å². The van der Waals surface area contributed by atoms with Crippen molar-refractivity contribution in [3.05, 3.63) is 52.6 Å². The first-order valence-electron chi connectivity index (χ1n) is 10.5. The summed E-state index contributed by atoms with van der Waals surface area (Å²) in [6.07, 6.45) is 0. The van der Waals surface area contributed by atoms with Gasteiger partial charge in [0.05, 0.1) is 30.5 Å². The Bertz CT molecular complexity index is 1180. The number of carbonyl (C=O) groups excluding carboxylic acids is 1. The largest absolute Gasteiger partial charge is 0.497 e. The summed E-state index contributed by atoms with van der Waals surface area (Å²) in [4.78, 5) is 31.8. The minimum atomic E-state index is -0.379. The van der Waals surface area contributed by atoms with E-state index in [-0.39, 0.29) is 22.3 Å². The fourth-order valence-corrected chi connectivity index (χ4v) is 4.43. The molecule has 178 valence electrons. The topological polar surface area (TPSA) is 127 Å². The minimum Gasteiger partial charge on any atom is -0.497 e. The monoisotopic (exact) mass is 484 g/mol. The number of carbonyl (C=O) groups is 1. The van der Waals surface area contributed by atoms with Gasteiger partial charge >= 0.3 is 0 Å². The van der Waals surface area contributed by atoms with E-state index in [4.69, 9.17) is 9.47 Å². The molecule has 12 heteroatoms. The van der Waals surface area contributed by atoms with Crippen LogP contribution in [0, 0.1) is 10.1 Å². The first-order valence-corrected chi connectivity index (χ1v) is 11.5. The molecule has 0 atom stereocenters. The molecule has 0 radical (unpaired) electrons. The second kappa shape index (κ2) is 10.4. The van der Waals surface area contributed by atoms with Crippen LogP contribution < -0.4 is 14.4 Å². The van der Waals surface area contributed by atoms with Crippen LogP contribution in [-0.4, -0.2) is 77.1 Å². The van der Waals surface area contributed by atoms with E-state index in [0.717, 1.165) is 5.56 Å². The van der Waals surface area contributed by atoms with Gasteiger partial charge in [0.25, 0.3) is 5.69 Å². The SMILES string of the molecule is COc1ccc(-c2nc(SCC(=O)N3CCN(c4ccccc4[N+](=O)[O-])CC3)n[nH]2)c(OC)c1. The summed E-state index contributed by atoms with van der Waals surface area (Å²) in [6, 6.07) is 12.1. The van der Waals surface area contributed by atoms with Gasteiger partial charge in [-0.25, -0.2) is 4.98 Å². The lowest BCUT2D eigenvalue weighted by atomic mass is 10.2. The van der Waals surface area contributed by atoms with Gasteiger partial charge in [0.15, 0.2) is 5.82 Å². The third-order valence-corrected chi connectivity index (χ3v) is 6.34. The van der Waals surface area contributed by atoms with Crippen LogP contribution in [0.5, 0.6) is 11.5 Å². The van der Waals surface area contributed by atoms with Crippen LogP contribution in [0.25, 0.3) is 11.4 Å². The van der Waals surface area contributed by atoms with Crippen LogP contribution in [-0.2, 0) is 4.79 Å². The molecule has 2 heterocycles. The van der Waals surface area contributed by atoms with E-state index < -0.39 is 0 Å². The third kappa shape index (κ3) is 5.06. The average Bonchev–Trinajstić information content (AvgIpc) is 3.35. The molecule has 1 fully saturated rings. The van der Waals surface area contributed by atoms with E-state index in [1.807, 2.05) is 11.0 Å². The zero-order valence-corrected chi connectivity index (χ0v) is 19.6. The van der Waals surface area contributed by atoms with Crippen LogP contribution in [0.4, 0.5) is 11.4 Å². The van der Waals surface area contributed by atoms with E-state index >= 15 is 0 Å². The number of aromatic nitrogens is 3. The van der Waals surface area contributed by atoms with Crippen molar-refractivity contribution in [1.82, 2.24) is 20.1 Å². The zero-order valence-electron chi connectivity index (χ0n) is 18.8. The maximum absolute atomic E-state index is 12.7. The van der Waals surface area contributed by atoms with Gasteiger partial charge < -0.3 is 19.3 Å². The highest BCUT2D eigenvalue weighted by atomic mass is 32.2.